The maximum Gasteiger partial charge on any atom is 0.266 e. The highest BCUT2D eigenvalue weighted by Crippen LogP contribution is 2.32. The lowest BCUT2D eigenvalue weighted by Gasteiger charge is -2.18. The number of nitrogens with one attached hydrogen (secondary N) is 1. The van der Waals surface area contributed by atoms with Crippen LogP contribution in [0.5, 0.6) is 0 Å². The minimum absolute atomic E-state index is 0.120. The molecule has 3 rings (SSSR count). The molecule has 8 heteroatoms. The van der Waals surface area contributed by atoms with Crippen molar-refractivity contribution in [1.82, 2.24) is 10.2 Å². The van der Waals surface area contributed by atoms with Crippen molar-refractivity contribution in [2.75, 3.05) is 18.1 Å². The van der Waals surface area contributed by atoms with Crippen LogP contribution < -0.4 is 5.32 Å². The smallest absolute Gasteiger partial charge is 0.266 e. The first-order chi connectivity index (χ1) is 11.5. The number of thiocarbonyl (C=S) groups is 1. The van der Waals surface area contributed by atoms with Gasteiger partial charge in [-0.05, 0) is 11.6 Å². The summed E-state index contributed by atoms with van der Waals surface area (Å²) in [6.45, 7) is -0.120. The molecule has 2 N–H and O–H groups in total. The fourth-order valence-corrected chi connectivity index (χ4v) is 4.84. The Morgan fingerprint density at radius 1 is 1.38 bits per heavy atom. The lowest BCUT2D eigenvalue weighted by molar-refractivity contribution is -0.129. The van der Waals surface area contributed by atoms with Gasteiger partial charge in [-0.3, -0.25) is 14.5 Å². The SMILES string of the molecule is O=C(CN1C(=O)/C(=C/c2ccccc2)SC1=S)N[C@@H]1CSC[C@H]1O. The van der Waals surface area contributed by atoms with Crippen molar-refractivity contribution < 1.29 is 14.7 Å². The maximum atomic E-state index is 12.5. The van der Waals surface area contributed by atoms with Gasteiger partial charge in [0.05, 0.1) is 17.1 Å². The van der Waals surface area contributed by atoms with Crippen LogP contribution in [-0.2, 0) is 9.59 Å². The molecule has 0 radical (unpaired) electrons. The normalized spacial score (nSPS) is 25.5. The van der Waals surface area contributed by atoms with Gasteiger partial charge in [0.2, 0.25) is 5.91 Å². The Morgan fingerprint density at radius 3 is 2.79 bits per heavy atom. The fraction of sp³-hybridized carbons (Fsp3) is 0.312. The van der Waals surface area contributed by atoms with E-state index in [2.05, 4.69) is 5.32 Å². The molecule has 2 heterocycles. The van der Waals surface area contributed by atoms with E-state index in [-0.39, 0.29) is 24.4 Å². The van der Waals surface area contributed by atoms with Crippen molar-refractivity contribution in [1.29, 1.82) is 0 Å². The van der Waals surface area contributed by atoms with Gasteiger partial charge in [0.1, 0.15) is 10.9 Å². The van der Waals surface area contributed by atoms with Crippen LogP contribution in [0.1, 0.15) is 5.56 Å². The van der Waals surface area contributed by atoms with Gasteiger partial charge >= 0.3 is 0 Å². The summed E-state index contributed by atoms with van der Waals surface area (Å²) < 4.78 is 0.374. The van der Waals surface area contributed by atoms with Gasteiger partial charge in [-0.25, -0.2) is 0 Å². The van der Waals surface area contributed by atoms with Crippen molar-refractivity contribution in [2.24, 2.45) is 0 Å². The molecular formula is C16H16N2O3S3. The number of rotatable bonds is 4. The van der Waals surface area contributed by atoms with Crippen LogP contribution in [0.15, 0.2) is 35.2 Å². The summed E-state index contributed by atoms with van der Waals surface area (Å²) in [6, 6.07) is 9.23. The van der Waals surface area contributed by atoms with E-state index >= 15 is 0 Å². The van der Waals surface area contributed by atoms with Crippen LogP contribution in [0.25, 0.3) is 6.08 Å². The van der Waals surface area contributed by atoms with E-state index in [1.807, 2.05) is 30.3 Å². The average molecular weight is 381 g/mol. The Labute approximate surface area is 153 Å². The lowest BCUT2D eigenvalue weighted by atomic mass is 10.2. The standard InChI is InChI=1S/C16H16N2O3S3/c19-12-9-23-8-11(12)17-14(20)7-18-15(21)13(24-16(18)22)6-10-4-2-1-3-5-10/h1-6,11-12,19H,7-9H2,(H,17,20)/b13-6-/t11-,12-/m1/s1. The monoisotopic (exact) mass is 380 g/mol. The number of carbonyl (C=O) groups is 2. The number of benzene rings is 1. The van der Waals surface area contributed by atoms with Gasteiger partial charge in [-0.2, -0.15) is 11.8 Å². The van der Waals surface area contributed by atoms with E-state index in [4.69, 9.17) is 12.2 Å². The largest absolute Gasteiger partial charge is 0.390 e. The summed E-state index contributed by atoms with van der Waals surface area (Å²) >= 11 is 8.02. The van der Waals surface area contributed by atoms with Crippen LogP contribution in [-0.4, -0.2) is 56.3 Å². The summed E-state index contributed by atoms with van der Waals surface area (Å²) in [5.41, 5.74) is 0.911. The maximum absolute atomic E-state index is 12.5. The third-order valence-electron chi connectivity index (χ3n) is 3.67. The Kier molecular flexibility index (Phi) is 5.60. The first kappa shape index (κ1) is 17.5. The van der Waals surface area contributed by atoms with Gasteiger partial charge in [-0.1, -0.05) is 54.3 Å². The lowest BCUT2D eigenvalue weighted by Crippen LogP contribution is -2.47. The molecular weight excluding hydrogens is 364 g/mol. The minimum Gasteiger partial charge on any atom is -0.390 e. The molecule has 0 bridgehead atoms. The molecule has 2 aliphatic rings. The molecule has 2 saturated heterocycles. The first-order valence-electron chi connectivity index (χ1n) is 7.40. The zero-order chi connectivity index (χ0) is 17.1. The predicted octanol–water partition coefficient (Wildman–Crippen LogP) is 1.48. The van der Waals surface area contributed by atoms with Crippen LogP contribution in [0, 0.1) is 0 Å². The van der Waals surface area contributed by atoms with Crippen molar-refractivity contribution in [3.05, 3.63) is 40.8 Å². The van der Waals surface area contributed by atoms with Crippen molar-refractivity contribution in [2.45, 2.75) is 12.1 Å². The molecule has 2 fully saturated rings. The summed E-state index contributed by atoms with van der Waals surface area (Å²) in [5, 5.41) is 12.5. The average Bonchev–Trinajstić information content (AvgIpc) is 3.07. The number of amides is 2. The van der Waals surface area contributed by atoms with E-state index in [9.17, 15) is 14.7 Å². The zero-order valence-corrected chi connectivity index (χ0v) is 15.1. The van der Waals surface area contributed by atoms with Gasteiger partial charge in [-0.15, -0.1) is 0 Å². The van der Waals surface area contributed by atoms with E-state index in [0.29, 0.717) is 20.7 Å². The first-order valence-corrected chi connectivity index (χ1v) is 9.78. The van der Waals surface area contributed by atoms with Crippen LogP contribution in [0.4, 0.5) is 0 Å². The molecule has 24 heavy (non-hydrogen) atoms. The highest BCUT2D eigenvalue weighted by molar-refractivity contribution is 8.26. The molecule has 2 atom stereocenters. The van der Waals surface area contributed by atoms with Gasteiger partial charge in [0, 0.05) is 11.5 Å². The molecule has 2 amide bonds. The van der Waals surface area contributed by atoms with Gasteiger partial charge < -0.3 is 10.4 Å². The van der Waals surface area contributed by atoms with Crippen LogP contribution in [0.2, 0.25) is 0 Å². The highest BCUT2D eigenvalue weighted by Gasteiger charge is 2.34. The number of aliphatic hydroxyl groups excluding tert-OH is 1. The van der Waals surface area contributed by atoms with Gasteiger partial charge in [0.25, 0.3) is 5.91 Å². The molecule has 2 aliphatic heterocycles. The van der Waals surface area contributed by atoms with Crippen molar-refractivity contribution in [3.63, 3.8) is 0 Å². The quantitative estimate of drug-likeness (QED) is 0.609. The second kappa shape index (κ2) is 7.69. The number of thioether (sulfide) groups is 2. The van der Waals surface area contributed by atoms with Crippen LogP contribution >= 0.6 is 35.7 Å². The van der Waals surface area contributed by atoms with Crippen molar-refractivity contribution in [3.8, 4) is 0 Å². The molecule has 1 aromatic carbocycles. The second-order valence-corrected chi connectivity index (χ2v) is 8.21. The number of aliphatic hydroxyl groups is 1. The Hall–Kier alpha value is -1.35. The molecule has 0 spiro atoms. The summed E-state index contributed by atoms with van der Waals surface area (Å²) in [4.78, 5) is 26.4. The third-order valence-corrected chi connectivity index (χ3v) is 6.22. The van der Waals surface area contributed by atoms with E-state index in [1.165, 1.54) is 16.7 Å². The number of nitrogens with zero attached hydrogens (tertiary/aromatic N) is 1. The van der Waals surface area contributed by atoms with E-state index in [0.717, 1.165) is 5.56 Å². The van der Waals surface area contributed by atoms with E-state index in [1.54, 1.807) is 17.8 Å². The Morgan fingerprint density at radius 2 is 2.12 bits per heavy atom. The van der Waals surface area contributed by atoms with Crippen molar-refractivity contribution >= 4 is 58.0 Å². The Bertz CT molecular complexity index is 693. The molecule has 126 valence electrons. The number of hydrogen-bond donors (Lipinski definition) is 2. The third kappa shape index (κ3) is 4.00. The molecule has 1 aromatic rings. The molecule has 0 aromatic heterocycles. The summed E-state index contributed by atoms with van der Waals surface area (Å²) in [7, 11) is 0. The van der Waals surface area contributed by atoms with E-state index < -0.39 is 6.10 Å². The summed E-state index contributed by atoms with van der Waals surface area (Å²) in [6.07, 6.45) is 1.23. The Balaban J connectivity index is 1.64. The number of carbonyl (C=O) groups excluding carboxylic acids is 2. The number of hydrogen-bond acceptors (Lipinski definition) is 6. The summed E-state index contributed by atoms with van der Waals surface area (Å²) in [5.74, 6) is 0.731. The molecule has 5 nitrogen and oxygen atoms in total. The predicted molar refractivity (Wildman–Crippen MR) is 102 cm³/mol. The highest BCUT2D eigenvalue weighted by atomic mass is 32.2. The molecule has 0 aliphatic carbocycles. The van der Waals surface area contributed by atoms with Crippen LogP contribution in [0.3, 0.4) is 0 Å². The zero-order valence-electron chi connectivity index (χ0n) is 12.7. The topological polar surface area (TPSA) is 69.6 Å². The minimum atomic E-state index is -0.539. The molecule has 0 saturated carbocycles. The second-order valence-electron chi connectivity index (χ2n) is 5.46. The fourth-order valence-electron chi connectivity index (χ4n) is 2.41. The molecule has 0 unspecified atom stereocenters. The van der Waals surface area contributed by atoms with Gasteiger partial charge in [0.15, 0.2) is 0 Å².